The van der Waals surface area contributed by atoms with E-state index in [4.69, 9.17) is 0 Å². The normalized spacial score (nSPS) is 14.3. The van der Waals surface area contributed by atoms with E-state index < -0.39 is 0 Å². The number of nitrogens with zero attached hydrogens (tertiary/aromatic N) is 1. The molecule has 0 saturated carbocycles. The molecule has 2 aliphatic rings. The first-order chi connectivity index (χ1) is 25.8. The summed E-state index contributed by atoms with van der Waals surface area (Å²) in [7, 11) is 0. The van der Waals surface area contributed by atoms with E-state index in [0.717, 1.165) is 11.4 Å². The average molecular weight is 680 g/mol. The quantitative estimate of drug-likeness (QED) is 0.175. The Balaban J connectivity index is 1.16. The third kappa shape index (κ3) is 4.70. The number of benzene rings is 8. The van der Waals surface area contributed by atoms with Gasteiger partial charge in [-0.1, -0.05) is 167 Å². The third-order valence-corrected chi connectivity index (χ3v) is 12.0. The molecule has 53 heavy (non-hydrogen) atoms. The Morgan fingerprint density at radius 1 is 0.377 bits per heavy atom. The van der Waals surface area contributed by atoms with Crippen molar-refractivity contribution in [3.8, 4) is 44.5 Å². The van der Waals surface area contributed by atoms with E-state index in [9.17, 15) is 0 Å². The first-order valence-electron chi connectivity index (χ1n) is 18.8. The fourth-order valence-electron chi connectivity index (χ4n) is 9.46. The third-order valence-electron chi connectivity index (χ3n) is 12.0. The molecule has 0 bridgehead atoms. The Hall–Kier alpha value is -6.18. The minimum atomic E-state index is -0.0953. The van der Waals surface area contributed by atoms with E-state index in [2.05, 4.69) is 209 Å². The van der Waals surface area contributed by atoms with Crippen LogP contribution in [0.5, 0.6) is 0 Å². The maximum absolute atomic E-state index is 2.46. The molecule has 2 aliphatic carbocycles. The summed E-state index contributed by atoms with van der Waals surface area (Å²) in [5.74, 6) is 0. The van der Waals surface area contributed by atoms with Crippen LogP contribution in [-0.2, 0) is 10.8 Å². The SMILES string of the molecule is CC1(C)c2ccccc2-c2c(N(c3ccc(-c4ccccc4)cc3)c3ccc(-c4cc5ccccc5c5c4-c4ccccc4C5(C)C)cc3)cccc21. The van der Waals surface area contributed by atoms with Crippen LogP contribution in [0.25, 0.3) is 55.3 Å². The van der Waals surface area contributed by atoms with Crippen molar-refractivity contribution in [2.75, 3.05) is 4.90 Å². The van der Waals surface area contributed by atoms with E-state index in [-0.39, 0.29) is 10.8 Å². The van der Waals surface area contributed by atoms with Gasteiger partial charge in [0.05, 0.1) is 5.69 Å². The lowest BCUT2D eigenvalue weighted by Gasteiger charge is -2.29. The molecule has 0 heterocycles. The van der Waals surface area contributed by atoms with Crippen LogP contribution in [0.1, 0.15) is 49.9 Å². The van der Waals surface area contributed by atoms with Gasteiger partial charge in [-0.25, -0.2) is 0 Å². The molecule has 0 saturated heterocycles. The highest BCUT2D eigenvalue weighted by molar-refractivity contribution is 6.05. The van der Waals surface area contributed by atoms with Gasteiger partial charge in [0.1, 0.15) is 0 Å². The van der Waals surface area contributed by atoms with Crippen LogP contribution in [0.15, 0.2) is 176 Å². The topological polar surface area (TPSA) is 3.24 Å². The van der Waals surface area contributed by atoms with Gasteiger partial charge in [-0.3, -0.25) is 0 Å². The van der Waals surface area contributed by atoms with Crippen molar-refractivity contribution in [1.82, 2.24) is 0 Å². The van der Waals surface area contributed by atoms with Crippen LogP contribution in [-0.4, -0.2) is 0 Å². The summed E-state index contributed by atoms with van der Waals surface area (Å²) in [6.45, 7) is 9.48. The van der Waals surface area contributed by atoms with Crippen LogP contribution in [0.4, 0.5) is 17.1 Å². The largest absolute Gasteiger partial charge is 0.310 e. The molecule has 1 nitrogen and oxygen atoms in total. The van der Waals surface area contributed by atoms with Gasteiger partial charge < -0.3 is 4.90 Å². The minimum absolute atomic E-state index is 0.0881. The Morgan fingerprint density at radius 3 is 1.60 bits per heavy atom. The molecule has 8 aromatic carbocycles. The highest BCUT2D eigenvalue weighted by Crippen LogP contribution is 2.56. The standard InChI is InChI=1S/C52H41N/c1-51(2)44-21-12-11-20-42(44)49-46(51)23-14-24-47(49)53(38-29-25-35(26-30-38)34-15-6-5-7-16-34)39-31-27-36(28-32-39)43-33-37-17-8-9-18-40(37)50-48(43)41-19-10-13-22-45(41)52(50,3)4/h5-33H,1-4H3. The minimum Gasteiger partial charge on any atom is -0.310 e. The molecule has 0 aromatic heterocycles. The number of hydrogen-bond donors (Lipinski definition) is 0. The molecule has 10 rings (SSSR count). The fraction of sp³-hybridized carbons (Fsp3) is 0.115. The van der Waals surface area contributed by atoms with E-state index in [0.29, 0.717) is 0 Å². The van der Waals surface area contributed by atoms with Crippen molar-refractivity contribution in [1.29, 1.82) is 0 Å². The van der Waals surface area contributed by atoms with Crippen LogP contribution < -0.4 is 4.90 Å². The van der Waals surface area contributed by atoms with Crippen molar-refractivity contribution >= 4 is 27.8 Å². The molecule has 1 heteroatoms. The van der Waals surface area contributed by atoms with E-state index in [1.54, 1.807) is 0 Å². The Labute approximate surface area is 312 Å². The summed E-state index contributed by atoms with van der Waals surface area (Å²) in [5, 5.41) is 2.63. The van der Waals surface area contributed by atoms with Crippen molar-refractivity contribution in [3.05, 3.63) is 198 Å². The molecule has 0 unspecified atom stereocenters. The molecule has 0 spiro atoms. The summed E-state index contributed by atoms with van der Waals surface area (Å²) in [6, 6.07) is 65.1. The molecule has 0 radical (unpaired) electrons. The summed E-state index contributed by atoms with van der Waals surface area (Å²) >= 11 is 0. The van der Waals surface area contributed by atoms with Gasteiger partial charge >= 0.3 is 0 Å². The predicted octanol–water partition coefficient (Wildman–Crippen LogP) is 14.3. The summed E-state index contributed by atoms with van der Waals surface area (Å²) in [4.78, 5) is 2.46. The van der Waals surface area contributed by atoms with Crippen LogP contribution in [0.2, 0.25) is 0 Å². The Kier molecular flexibility index (Phi) is 6.94. The van der Waals surface area contributed by atoms with Gasteiger partial charge in [0.25, 0.3) is 0 Å². The maximum Gasteiger partial charge on any atom is 0.0543 e. The maximum atomic E-state index is 2.46. The average Bonchev–Trinajstić information content (AvgIpc) is 3.59. The van der Waals surface area contributed by atoms with Crippen molar-refractivity contribution in [2.24, 2.45) is 0 Å². The number of anilines is 3. The monoisotopic (exact) mass is 679 g/mol. The number of rotatable bonds is 5. The van der Waals surface area contributed by atoms with Gasteiger partial charge in [0.2, 0.25) is 0 Å². The molecular weight excluding hydrogens is 639 g/mol. The lowest BCUT2D eigenvalue weighted by Crippen LogP contribution is -2.16. The zero-order valence-electron chi connectivity index (χ0n) is 30.7. The molecule has 0 fully saturated rings. The molecule has 0 aliphatic heterocycles. The first kappa shape index (κ1) is 31.5. The van der Waals surface area contributed by atoms with Crippen LogP contribution in [0.3, 0.4) is 0 Å². The second kappa shape index (κ2) is 11.7. The lowest BCUT2D eigenvalue weighted by molar-refractivity contribution is 0.660. The summed E-state index contributed by atoms with van der Waals surface area (Å²) in [6.07, 6.45) is 0. The fourth-order valence-corrected chi connectivity index (χ4v) is 9.46. The summed E-state index contributed by atoms with van der Waals surface area (Å²) in [5.41, 5.74) is 19.2. The van der Waals surface area contributed by atoms with Gasteiger partial charge in [0, 0.05) is 27.8 Å². The van der Waals surface area contributed by atoms with Crippen molar-refractivity contribution < 1.29 is 0 Å². The van der Waals surface area contributed by atoms with Gasteiger partial charge in [-0.15, -0.1) is 0 Å². The second-order valence-electron chi connectivity index (χ2n) is 15.7. The molecular formula is C52H41N. The van der Waals surface area contributed by atoms with E-state index in [1.165, 1.54) is 83.2 Å². The highest BCUT2D eigenvalue weighted by atomic mass is 15.1. The van der Waals surface area contributed by atoms with E-state index >= 15 is 0 Å². The molecule has 8 aromatic rings. The molecule has 0 atom stereocenters. The smallest absolute Gasteiger partial charge is 0.0543 e. The molecule has 0 amide bonds. The first-order valence-corrected chi connectivity index (χ1v) is 18.8. The Bertz CT molecular complexity index is 2700. The van der Waals surface area contributed by atoms with Crippen LogP contribution in [0, 0.1) is 0 Å². The zero-order valence-corrected chi connectivity index (χ0v) is 30.7. The van der Waals surface area contributed by atoms with Gasteiger partial charge in [-0.05, 0) is 108 Å². The molecule has 0 N–H and O–H groups in total. The van der Waals surface area contributed by atoms with Crippen molar-refractivity contribution in [2.45, 2.75) is 38.5 Å². The van der Waals surface area contributed by atoms with Gasteiger partial charge in [-0.2, -0.15) is 0 Å². The van der Waals surface area contributed by atoms with Gasteiger partial charge in [0.15, 0.2) is 0 Å². The predicted molar refractivity (Wildman–Crippen MR) is 225 cm³/mol. The molecule has 254 valence electrons. The summed E-state index contributed by atoms with van der Waals surface area (Å²) < 4.78 is 0. The van der Waals surface area contributed by atoms with E-state index in [1.807, 2.05) is 0 Å². The zero-order chi connectivity index (χ0) is 35.9. The Morgan fingerprint density at radius 2 is 0.906 bits per heavy atom. The second-order valence-corrected chi connectivity index (χ2v) is 15.7. The lowest BCUT2D eigenvalue weighted by atomic mass is 9.79. The van der Waals surface area contributed by atoms with Crippen molar-refractivity contribution in [3.63, 3.8) is 0 Å². The van der Waals surface area contributed by atoms with Crippen LogP contribution >= 0.6 is 0 Å². The number of hydrogen-bond acceptors (Lipinski definition) is 1. The highest BCUT2D eigenvalue weighted by Gasteiger charge is 2.39. The number of fused-ring (bicyclic) bond motifs is 8.